The molecule has 3 amide bonds. The molecule has 1 saturated heterocycles. The Morgan fingerprint density at radius 2 is 1.65 bits per heavy atom. The van der Waals surface area contributed by atoms with Crippen LogP contribution in [0.4, 0.5) is 11.4 Å². The van der Waals surface area contributed by atoms with Crippen LogP contribution in [-0.4, -0.2) is 53.7 Å². The fourth-order valence-electron chi connectivity index (χ4n) is 5.56. The van der Waals surface area contributed by atoms with Crippen LogP contribution in [0.5, 0.6) is 11.5 Å². The van der Waals surface area contributed by atoms with E-state index in [0.29, 0.717) is 50.5 Å². The highest BCUT2D eigenvalue weighted by molar-refractivity contribution is 8.00. The molecule has 236 valence electrons. The second-order valence-corrected chi connectivity index (χ2v) is 12.5. The summed E-state index contributed by atoms with van der Waals surface area (Å²) >= 11 is 2.23. The predicted octanol–water partition coefficient (Wildman–Crippen LogP) is 4.83. The Balaban J connectivity index is 1.24. The molecule has 11 nitrogen and oxygen atoms in total. The highest BCUT2D eigenvalue weighted by Gasteiger charge is 2.56. The molecule has 2 aliphatic heterocycles. The van der Waals surface area contributed by atoms with Crippen LogP contribution in [-0.2, 0) is 19.1 Å². The first-order valence-corrected chi connectivity index (χ1v) is 16.3. The van der Waals surface area contributed by atoms with Gasteiger partial charge in [-0.2, -0.15) is 0 Å². The average Bonchev–Trinajstić information content (AvgIpc) is 3.55. The molecule has 3 heterocycles. The van der Waals surface area contributed by atoms with Gasteiger partial charge >= 0.3 is 10.8 Å². The minimum absolute atomic E-state index is 0.263. The topological polar surface area (TPSA) is 144 Å². The number of benzene rings is 3. The van der Waals surface area contributed by atoms with E-state index in [1.165, 1.54) is 16.7 Å². The smallest absolute Gasteiger partial charge is 0.338 e. The van der Waals surface area contributed by atoms with Crippen molar-refractivity contribution in [2.45, 2.75) is 30.0 Å². The van der Waals surface area contributed by atoms with Crippen LogP contribution in [0.2, 0.25) is 0 Å². The molecular weight excluding hydrogens is 631 g/mol. The van der Waals surface area contributed by atoms with Crippen molar-refractivity contribution in [2.24, 2.45) is 5.92 Å². The van der Waals surface area contributed by atoms with E-state index in [9.17, 15) is 24.0 Å². The second kappa shape index (κ2) is 13.2. The molecule has 0 bridgehead atoms. The highest BCUT2D eigenvalue weighted by Crippen LogP contribution is 2.53. The van der Waals surface area contributed by atoms with Crippen molar-refractivity contribution in [3.63, 3.8) is 0 Å². The maximum absolute atomic E-state index is 13.9. The van der Waals surface area contributed by atoms with Crippen molar-refractivity contribution in [1.82, 2.24) is 4.98 Å². The van der Waals surface area contributed by atoms with Crippen LogP contribution in [0.1, 0.15) is 40.6 Å². The number of imide groups is 1. The van der Waals surface area contributed by atoms with Crippen LogP contribution in [0.15, 0.2) is 82.6 Å². The van der Waals surface area contributed by atoms with E-state index in [2.05, 4.69) is 10.3 Å². The summed E-state index contributed by atoms with van der Waals surface area (Å²) in [6.45, 7) is 3.77. The largest absolute Gasteiger partial charge is 0.490 e. The molecule has 46 heavy (non-hydrogen) atoms. The molecule has 0 saturated carbocycles. The fourth-order valence-corrected chi connectivity index (χ4v) is 8.07. The summed E-state index contributed by atoms with van der Waals surface area (Å²) in [5, 5.41) is 2.57. The lowest BCUT2D eigenvalue weighted by Gasteiger charge is -2.30. The third kappa shape index (κ3) is 6.03. The van der Waals surface area contributed by atoms with Gasteiger partial charge in [0.15, 0.2) is 18.1 Å². The number of ether oxygens (including phenoxy) is 3. The lowest BCUT2D eigenvalue weighted by molar-refractivity contribution is -0.122. The van der Waals surface area contributed by atoms with Gasteiger partial charge in [-0.05, 0) is 67.9 Å². The van der Waals surface area contributed by atoms with Crippen molar-refractivity contribution >= 4 is 58.2 Å². The molecular formula is C33H29N3O8S2. The number of aromatic amines is 1. The van der Waals surface area contributed by atoms with E-state index >= 15 is 0 Å². The molecule has 13 heteroatoms. The Bertz CT molecular complexity index is 1850. The van der Waals surface area contributed by atoms with Gasteiger partial charge in [-0.25, -0.2) is 9.69 Å². The number of nitrogens with zero attached hydrogens (tertiary/aromatic N) is 1. The summed E-state index contributed by atoms with van der Waals surface area (Å²) in [7, 11) is 0. The van der Waals surface area contributed by atoms with Crippen molar-refractivity contribution in [3.05, 3.63) is 98.5 Å². The standard InChI is InChI=1S/C33H29N3O8S2/c1-3-42-23-16-19(12-15-22(23)44-17-24(37)34-20-13-10-18(11-14-20)32(40)43-4-2)25-26-28(45-29-27(25)46-33(41)35-29)31(39)36(30(26)38)21-8-6-5-7-9-21/h5-16,25-26,28H,3-4,17H2,1-2H3,(H,34,37)(H,35,41)/t25-,26-,28+/m0/s1. The third-order valence-electron chi connectivity index (χ3n) is 7.50. The first-order valence-electron chi connectivity index (χ1n) is 14.6. The van der Waals surface area contributed by atoms with Gasteiger partial charge in [-0.3, -0.25) is 19.2 Å². The highest BCUT2D eigenvalue weighted by atomic mass is 32.2. The molecule has 0 unspecified atom stereocenters. The molecule has 0 aliphatic carbocycles. The molecule has 0 spiro atoms. The minimum Gasteiger partial charge on any atom is -0.490 e. The fraction of sp³-hybridized carbons (Fsp3) is 0.242. The number of carbonyl (C=O) groups excluding carboxylic acids is 4. The zero-order valence-electron chi connectivity index (χ0n) is 24.8. The Morgan fingerprint density at radius 1 is 0.891 bits per heavy atom. The number of nitrogens with one attached hydrogen (secondary N) is 2. The number of thiazole rings is 1. The van der Waals surface area contributed by atoms with Gasteiger partial charge in [0.25, 0.3) is 5.91 Å². The number of amides is 3. The maximum Gasteiger partial charge on any atom is 0.338 e. The average molecular weight is 660 g/mol. The summed E-state index contributed by atoms with van der Waals surface area (Å²) in [5.41, 5.74) is 2.02. The number of fused-ring (bicyclic) bond motifs is 2. The molecule has 2 aliphatic rings. The number of hydrogen-bond donors (Lipinski definition) is 2. The number of hydrogen-bond acceptors (Lipinski definition) is 10. The summed E-state index contributed by atoms with van der Waals surface area (Å²) < 4.78 is 16.7. The Kier molecular flexibility index (Phi) is 8.95. The van der Waals surface area contributed by atoms with E-state index < -0.39 is 29.0 Å². The summed E-state index contributed by atoms with van der Waals surface area (Å²) in [6, 6.07) is 20.3. The van der Waals surface area contributed by atoms with Gasteiger partial charge in [-0.1, -0.05) is 47.4 Å². The number of esters is 1. The number of carbonyl (C=O) groups is 4. The van der Waals surface area contributed by atoms with E-state index in [-0.39, 0.29) is 29.9 Å². The van der Waals surface area contributed by atoms with Gasteiger partial charge in [0, 0.05) is 16.5 Å². The molecule has 1 aromatic heterocycles. The number of para-hydroxylation sites is 1. The summed E-state index contributed by atoms with van der Waals surface area (Å²) in [4.78, 5) is 69.0. The van der Waals surface area contributed by atoms with Gasteiger partial charge in [-0.15, -0.1) is 0 Å². The number of aromatic nitrogens is 1. The van der Waals surface area contributed by atoms with Crippen LogP contribution in [0.25, 0.3) is 0 Å². The Labute approximate surface area is 271 Å². The van der Waals surface area contributed by atoms with Crippen LogP contribution < -0.4 is 24.6 Å². The summed E-state index contributed by atoms with van der Waals surface area (Å²) in [5.74, 6) is -2.23. The molecule has 1 fully saturated rings. The van der Waals surface area contributed by atoms with Crippen molar-refractivity contribution < 1.29 is 33.4 Å². The van der Waals surface area contributed by atoms with Crippen LogP contribution in [0.3, 0.4) is 0 Å². The molecule has 2 N–H and O–H groups in total. The second-order valence-electron chi connectivity index (χ2n) is 10.4. The summed E-state index contributed by atoms with van der Waals surface area (Å²) in [6.07, 6.45) is 0. The monoisotopic (exact) mass is 659 g/mol. The zero-order chi connectivity index (χ0) is 32.4. The van der Waals surface area contributed by atoms with Crippen molar-refractivity contribution in [2.75, 3.05) is 30.0 Å². The first kappa shape index (κ1) is 31.1. The number of anilines is 2. The molecule has 0 radical (unpaired) electrons. The zero-order valence-corrected chi connectivity index (χ0v) is 26.4. The van der Waals surface area contributed by atoms with Gasteiger partial charge < -0.3 is 24.5 Å². The van der Waals surface area contributed by atoms with E-state index in [4.69, 9.17) is 14.2 Å². The Morgan fingerprint density at radius 3 is 2.37 bits per heavy atom. The van der Waals surface area contributed by atoms with Gasteiger partial charge in [0.05, 0.1) is 35.4 Å². The lowest BCUT2D eigenvalue weighted by atomic mass is 9.83. The third-order valence-corrected chi connectivity index (χ3v) is 9.90. The SMILES string of the molecule is CCOC(=O)c1ccc(NC(=O)COc2ccc([C@@H]3c4sc(=O)[nH]c4S[C@H]4C(=O)N(c5ccccc5)C(=O)[C@@H]34)cc2OCC)cc1. The molecule has 3 atom stereocenters. The molecule has 4 aromatic rings. The number of thioether (sulfide) groups is 1. The van der Waals surface area contributed by atoms with E-state index in [0.717, 1.165) is 11.3 Å². The molecule has 3 aromatic carbocycles. The van der Waals surface area contributed by atoms with Crippen molar-refractivity contribution in [1.29, 1.82) is 0 Å². The van der Waals surface area contributed by atoms with Gasteiger partial charge in [0.1, 0.15) is 5.25 Å². The van der Waals surface area contributed by atoms with Crippen LogP contribution >= 0.6 is 23.1 Å². The minimum atomic E-state index is -0.751. The number of rotatable bonds is 10. The van der Waals surface area contributed by atoms with E-state index in [1.807, 2.05) is 13.0 Å². The first-order chi connectivity index (χ1) is 22.3. The van der Waals surface area contributed by atoms with Crippen molar-refractivity contribution in [3.8, 4) is 11.5 Å². The lowest BCUT2D eigenvalue weighted by Crippen LogP contribution is -2.32. The Hall–Kier alpha value is -4.88. The predicted molar refractivity (Wildman–Crippen MR) is 173 cm³/mol. The molecule has 6 rings (SSSR count). The van der Waals surface area contributed by atoms with Gasteiger partial charge in [0.2, 0.25) is 11.8 Å². The van der Waals surface area contributed by atoms with E-state index in [1.54, 1.807) is 73.7 Å². The maximum atomic E-state index is 13.9. The number of H-pyrrole nitrogens is 1. The quantitative estimate of drug-likeness (QED) is 0.181. The normalized spacial score (nSPS) is 18.5. The van der Waals surface area contributed by atoms with Crippen LogP contribution in [0, 0.1) is 5.92 Å².